The van der Waals surface area contributed by atoms with Crippen molar-refractivity contribution in [3.05, 3.63) is 58.6 Å². The van der Waals surface area contributed by atoms with Crippen molar-refractivity contribution in [2.24, 2.45) is 0 Å². The number of urea groups is 1. The van der Waals surface area contributed by atoms with Crippen molar-refractivity contribution in [1.29, 1.82) is 0 Å². The largest absolute Gasteiger partial charge is 0.485 e. The summed E-state index contributed by atoms with van der Waals surface area (Å²) in [5, 5.41) is 3.70. The number of halogens is 1. The van der Waals surface area contributed by atoms with Crippen LogP contribution in [0.3, 0.4) is 0 Å². The van der Waals surface area contributed by atoms with Gasteiger partial charge in [0.05, 0.1) is 5.02 Å². The highest BCUT2D eigenvalue weighted by Gasteiger charge is 2.41. The van der Waals surface area contributed by atoms with Gasteiger partial charge in [0.15, 0.2) is 0 Å². The molecule has 4 rings (SSSR count). The third kappa shape index (κ3) is 3.83. The first-order valence-corrected chi connectivity index (χ1v) is 10.5. The molecule has 0 radical (unpaired) electrons. The van der Waals surface area contributed by atoms with Gasteiger partial charge in [0.2, 0.25) is 0 Å². The number of benzene rings is 2. The number of para-hydroxylation sites is 1. The Morgan fingerprint density at radius 2 is 1.82 bits per heavy atom. The number of amides is 2. The lowest BCUT2D eigenvalue weighted by Crippen LogP contribution is -2.52. The minimum absolute atomic E-state index is 0.0404. The van der Waals surface area contributed by atoms with E-state index in [0.717, 1.165) is 37.1 Å². The Kier molecular flexibility index (Phi) is 5.24. The van der Waals surface area contributed by atoms with E-state index in [1.807, 2.05) is 29.2 Å². The van der Waals surface area contributed by atoms with Crippen molar-refractivity contribution >= 4 is 23.3 Å². The van der Waals surface area contributed by atoms with Crippen molar-refractivity contribution in [2.45, 2.75) is 51.0 Å². The summed E-state index contributed by atoms with van der Waals surface area (Å²) < 4.78 is 6.38. The smallest absolute Gasteiger partial charge is 0.321 e. The van der Waals surface area contributed by atoms with Gasteiger partial charge in [-0.1, -0.05) is 49.7 Å². The molecular formula is C23H27ClN2O2. The number of piperidine rings is 1. The van der Waals surface area contributed by atoms with Gasteiger partial charge in [-0.2, -0.15) is 0 Å². The number of carbonyl (C=O) groups is 1. The van der Waals surface area contributed by atoms with Gasteiger partial charge in [0, 0.05) is 31.6 Å². The predicted molar refractivity (Wildman–Crippen MR) is 113 cm³/mol. The van der Waals surface area contributed by atoms with E-state index in [1.165, 1.54) is 11.1 Å². The summed E-state index contributed by atoms with van der Waals surface area (Å²) in [7, 11) is 0. The summed E-state index contributed by atoms with van der Waals surface area (Å²) in [5.41, 5.74) is 3.09. The van der Waals surface area contributed by atoms with Gasteiger partial charge in [-0.15, -0.1) is 0 Å². The number of ether oxygens (including phenoxy) is 1. The quantitative estimate of drug-likeness (QED) is 0.688. The Hall–Kier alpha value is -2.20. The molecule has 0 atom stereocenters. The number of fused-ring (bicyclic) bond motifs is 1. The first-order valence-electron chi connectivity index (χ1n) is 10.1. The van der Waals surface area contributed by atoms with Crippen LogP contribution in [0, 0.1) is 0 Å². The fourth-order valence-electron chi connectivity index (χ4n) is 4.12. The number of anilines is 1. The number of hydrogen-bond acceptors (Lipinski definition) is 2. The van der Waals surface area contributed by atoms with Crippen molar-refractivity contribution in [2.75, 3.05) is 18.4 Å². The van der Waals surface area contributed by atoms with Crippen LogP contribution in [-0.4, -0.2) is 29.6 Å². The molecule has 4 nitrogen and oxygen atoms in total. The third-order valence-corrected chi connectivity index (χ3v) is 6.31. The first kappa shape index (κ1) is 19.1. The molecule has 2 aliphatic heterocycles. The highest BCUT2D eigenvalue weighted by molar-refractivity contribution is 6.32. The first-order chi connectivity index (χ1) is 13.5. The van der Waals surface area contributed by atoms with E-state index in [9.17, 15) is 4.79 Å². The van der Waals surface area contributed by atoms with Gasteiger partial charge in [-0.25, -0.2) is 4.79 Å². The molecule has 2 amide bonds. The molecule has 2 aliphatic rings. The van der Waals surface area contributed by atoms with Crippen LogP contribution in [0.4, 0.5) is 10.5 Å². The lowest BCUT2D eigenvalue weighted by Gasteiger charge is -2.44. The van der Waals surface area contributed by atoms with Gasteiger partial charge in [-0.05, 0) is 48.1 Å². The summed E-state index contributed by atoms with van der Waals surface area (Å²) in [4.78, 5) is 14.5. The average molecular weight is 399 g/mol. The molecule has 2 aromatic carbocycles. The second-order valence-corrected chi connectivity index (χ2v) is 8.61. The Morgan fingerprint density at radius 3 is 2.50 bits per heavy atom. The van der Waals surface area contributed by atoms with Gasteiger partial charge in [-0.3, -0.25) is 0 Å². The van der Waals surface area contributed by atoms with Crippen molar-refractivity contribution in [1.82, 2.24) is 4.90 Å². The van der Waals surface area contributed by atoms with Crippen molar-refractivity contribution in [3.8, 4) is 5.75 Å². The molecule has 148 valence electrons. The Bertz CT molecular complexity index is 855. The fourth-order valence-corrected chi connectivity index (χ4v) is 4.35. The number of rotatable bonds is 2. The lowest BCUT2D eigenvalue weighted by molar-refractivity contribution is -0.00426. The molecule has 28 heavy (non-hydrogen) atoms. The van der Waals surface area contributed by atoms with E-state index >= 15 is 0 Å². The summed E-state index contributed by atoms with van der Waals surface area (Å²) in [5.74, 6) is 1.32. The molecule has 0 saturated carbocycles. The summed E-state index contributed by atoms with van der Waals surface area (Å²) in [6.07, 6.45) is 3.62. The average Bonchev–Trinajstić information content (AvgIpc) is 2.70. The molecule has 2 aromatic rings. The summed E-state index contributed by atoms with van der Waals surface area (Å²) >= 11 is 6.35. The van der Waals surface area contributed by atoms with E-state index < -0.39 is 0 Å². The van der Waals surface area contributed by atoms with Crippen LogP contribution in [0.15, 0.2) is 42.5 Å². The van der Waals surface area contributed by atoms with Crippen LogP contribution in [0.5, 0.6) is 5.75 Å². The summed E-state index contributed by atoms with van der Waals surface area (Å²) in [6, 6.07) is 14.0. The zero-order valence-electron chi connectivity index (χ0n) is 16.5. The van der Waals surface area contributed by atoms with E-state index in [1.54, 1.807) is 0 Å². The molecule has 1 saturated heterocycles. The molecule has 0 aliphatic carbocycles. The molecule has 5 heteroatoms. The normalized spacial score (nSPS) is 17.9. The number of hydrogen-bond donors (Lipinski definition) is 1. The van der Waals surface area contributed by atoms with Crippen LogP contribution in [0.1, 0.15) is 50.2 Å². The lowest BCUT2D eigenvalue weighted by atomic mass is 9.83. The molecule has 1 N–H and O–H groups in total. The molecule has 0 unspecified atom stereocenters. The minimum Gasteiger partial charge on any atom is -0.485 e. The fraction of sp³-hybridized carbons (Fsp3) is 0.435. The van der Waals surface area contributed by atoms with Crippen LogP contribution in [0.25, 0.3) is 0 Å². The highest BCUT2D eigenvalue weighted by Crippen LogP contribution is 2.42. The predicted octanol–water partition coefficient (Wildman–Crippen LogP) is 5.86. The molecule has 2 heterocycles. The molecular weight excluding hydrogens is 372 g/mol. The van der Waals surface area contributed by atoms with Crippen LogP contribution < -0.4 is 10.1 Å². The Balaban J connectivity index is 1.36. The molecule has 1 fully saturated rings. The zero-order valence-corrected chi connectivity index (χ0v) is 17.3. The van der Waals surface area contributed by atoms with Gasteiger partial charge < -0.3 is 15.0 Å². The number of likely N-dealkylation sites (tertiary alicyclic amines) is 1. The Labute approximate surface area is 171 Å². The van der Waals surface area contributed by atoms with Crippen molar-refractivity contribution in [3.63, 3.8) is 0 Å². The number of carbonyl (C=O) groups excluding carboxylic acids is 1. The molecule has 0 bridgehead atoms. The van der Waals surface area contributed by atoms with E-state index in [0.29, 0.717) is 24.0 Å². The highest BCUT2D eigenvalue weighted by atomic mass is 35.5. The summed E-state index contributed by atoms with van der Waals surface area (Å²) in [6.45, 7) is 5.71. The second kappa shape index (κ2) is 7.67. The number of nitrogens with zero attached hydrogens (tertiary/aromatic N) is 1. The SMILES string of the molecule is CC(C)c1ccc(NC(=O)N2CCC3(CCc4cccc(Cl)c4O3)CC2)cc1. The third-order valence-electron chi connectivity index (χ3n) is 6.01. The van der Waals surface area contributed by atoms with E-state index in [-0.39, 0.29) is 11.6 Å². The maximum Gasteiger partial charge on any atom is 0.321 e. The zero-order chi connectivity index (χ0) is 19.7. The maximum absolute atomic E-state index is 12.7. The van der Waals surface area contributed by atoms with Crippen LogP contribution in [0.2, 0.25) is 5.02 Å². The van der Waals surface area contributed by atoms with Crippen LogP contribution in [-0.2, 0) is 6.42 Å². The van der Waals surface area contributed by atoms with Crippen LogP contribution >= 0.6 is 11.6 Å². The molecule has 0 aromatic heterocycles. The number of nitrogens with one attached hydrogen (secondary N) is 1. The number of aryl methyl sites for hydroxylation is 1. The van der Waals surface area contributed by atoms with Crippen molar-refractivity contribution < 1.29 is 9.53 Å². The van der Waals surface area contributed by atoms with Gasteiger partial charge in [0.25, 0.3) is 0 Å². The second-order valence-electron chi connectivity index (χ2n) is 8.21. The minimum atomic E-state index is -0.201. The topological polar surface area (TPSA) is 41.6 Å². The van der Waals surface area contributed by atoms with Gasteiger partial charge >= 0.3 is 6.03 Å². The van der Waals surface area contributed by atoms with E-state index in [2.05, 4.69) is 37.4 Å². The van der Waals surface area contributed by atoms with E-state index in [4.69, 9.17) is 16.3 Å². The monoisotopic (exact) mass is 398 g/mol. The molecule has 1 spiro atoms. The Morgan fingerprint density at radius 1 is 1.11 bits per heavy atom. The standard InChI is InChI=1S/C23H27ClN2O2/c1-16(2)17-6-8-19(9-7-17)25-22(27)26-14-12-23(13-15-26)11-10-18-4-3-5-20(24)21(18)28-23/h3-9,16H,10-15H2,1-2H3,(H,25,27). The maximum atomic E-state index is 12.7. The van der Waals surface area contributed by atoms with Gasteiger partial charge in [0.1, 0.15) is 11.4 Å².